The number of nitrogens with two attached hydrogens (primary N) is 1. The number of rotatable bonds is 5. The summed E-state index contributed by atoms with van der Waals surface area (Å²) in [4.78, 5) is 43.5. The van der Waals surface area contributed by atoms with E-state index >= 15 is 0 Å². The van der Waals surface area contributed by atoms with Crippen LogP contribution in [0.3, 0.4) is 0 Å². The molecule has 2 aromatic rings. The number of nitrogen functional groups attached to an aromatic ring is 1. The lowest BCUT2D eigenvalue weighted by atomic mass is 10.1. The van der Waals surface area contributed by atoms with Crippen molar-refractivity contribution in [3.05, 3.63) is 53.2 Å². The smallest absolute Gasteiger partial charge is 0.305 e. The highest BCUT2D eigenvalue weighted by molar-refractivity contribution is 5.95. The van der Waals surface area contributed by atoms with Crippen LogP contribution in [0.25, 0.3) is 0 Å². The highest BCUT2D eigenvalue weighted by Gasteiger charge is 2.29. The molecule has 0 aliphatic carbocycles. The summed E-state index contributed by atoms with van der Waals surface area (Å²) in [6.45, 7) is 0.581. The molecule has 1 aromatic heterocycles. The summed E-state index contributed by atoms with van der Waals surface area (Å²) in [5.41, 5.74) is 8.22. The minimum Gasteiger partial charge on any atom is -0.481 e. The summed E-state index contributed by atoms with van der Waals surface area (Å²) < 4.78 is 0. The molecule has 0 saturated heterocycles. The molecule has 0 fully saturated rings. The zero-order valence-corrected chi connectivity index (χ0v) is 16.3. The van der Waals surface area contributed by atoms with Gasteiger partial charge in [0.05, 0.1) is 18.7 Å². The number of pyridine rings is 1. The zero-order valence-electron chi connectivity index (χ0n) is 16.3. The maximum Gasteiger partial charge on any atom is 0.305 e. The van der Waals surface area contributed by atoms with Crippen molar-refractivity contribution in [2.24, 2.45) is 0 Å². The number of carboxylic acids is 1. The fourth-order valence-corrected chi connectivity index (χ4v) is 3.28. The number of hydrogen-bond donors (Lipinski definition) is 3. The lowest BCUT2D eigenvalue weighted by molar-refractivity contribution is -0.141. The molecule has 2 amide bonds. The number of nitrogens with one attached hydrogen (secondary N) is 1. The van der Waals surface area contributed by atoms with Crippen molar-refractivity contribution >= 4 is 29.3 Å². The summed E-state index contributed by atoms with van der Waals surface area (Å²) in [5.74, 6) is -1.17. The average molecular weight is 397 g/mol. The predicted molar refractivity (Wildman–Crippen MR) is 107 cm³/mol. The van der Waals surface area contributed by atoms with Crippen LogP contribution in [0, 0.1) is 0 Å². The largest absolute Gasteiger partial charge is 0.481 e. The van der Waals surface area contributed by atoms with Crippen LogP contribution in [0.2, 0.25) is 0 Å². The third-order valence-electron chi connectivity index (χ3n) is 4.72. The number of fused-ring (bicyclic) bond motifs is 1. The Bertz CT molecular complexity index is 962. The second-order valence-electron chi connectivity index (χ2n) is 7.08. The van der Waals surface area contributed by atoms with E-state index < -0.39 is 12.0 Å². The SMILES string of the molecule is CN(Cc1cccc(N)n1)C(=O)c1ccc2c(c1)CN(C)C(=O)[C@H](CC(=O)O)N2. The predicted octanol–water partition coefficient (Wildman–Crippen LogP) is 1.16. The average Bonchev–Trinajstić information content (AvgIpc) is 2.77. The molecule has 0 unspecified atom stereocenters. The van der Waals surface area contributed by atoms with Crippen LogP contribution in [0.1, 0.15) is 28.0 Å². The van der Waals surface area contributed by atoms with E-state index in [4.69, 9.17) is 10.8 Å². The van der Waals surface area contributed by atoms with E-state index in [-0.39, 0.29) is 24.8 Å². The van der Waals surface area contributed by atoms with Crippen LogP contribution in [-0.4, -0.2) is 57.8 Å². The van der Waals surface area contributed by atoms with E-state index in [2.05, 4.69) is 10.3 Å². The van der Waals surface area contributed by atoms with Gasteiger partial charge in [-0.15, -0.1) is 0 Å². The number of nitrogens with zero attached hydrogens (tertiary/aromatic N) is 3. The first kappa shape index (κ1) is 20.1. The molecule has 2 heterocycles. The minimum absolute atomic E-state index is 0.197. The van der Waals surface area contributed by atoms with Gasteiger partial charge in [0.1, 0.15) is 11.9 Å². The van der Waals surface area contributed by atoms with Gasteiger partial charge in [-0.1, -0.05) is 6.07 Å². The molecule has 4 N–H and O–H groups in total. The summed E-state index contributed by atoms with van der Waals surface area (Å²) >= 11 is 0. The number of carbonyl (C=O) groups is 3. The number of hydrogen-bond acceptors (Lipinski definition) is 6. The normalized spacial score (nSPS) is 15.9. The van der Waals surface area contributed by atoms with Gasteiger partial charge >= 0.3 is 5.97 Å². The van der Waals surface area contributed by atoms with Gasteiger partial charge in [-0.05, 0) is 35.9 Å². The van der Waals surface area contributed by atoms with Crippen molar-refractivity contribution in [1.82, 2.24) is 14.8 Å². The minimum atomic E-state index is -1.06. The number of benzene rings is 1. The Labute approximate surface area is 168 Å². The van der Waals surface area contributed by atoms with Crippen LogP contribution in [-0.2, 0) is 22.7 Å². The highest BCUT2D eigenvalue weighted by Crippen LogP contribution is 2.25. The molecule has 152 valence electrons. The van der Waals surface area contributed by atoms with E-state index in [1.807, 2.05) is 0 Å². The molecular weight excluding hydrogens is 374 g/mol. The zero-order chi connectivity index (χ0) is 21.1. The summed E-state index contributed by atoms with van der Waals surface area (Å²) in [5, 5.41) is 12.0. The van der Waals surface area contributed by atoms with E-state index in [0.717, 1.165) is 5.56 Å². The van der Waals surface area contributed by atoms with Crippen molar-refractivity contribution in [1.29, 1.82) is 0 Å². The molecule has 0 saturated carbocycles. The van der Waals surface area contributed by atoms with Crippen molar-refractivity contribution in [2.75, 3.05) is 25.1 Å². The van der Waals surface area contributed by atoms with Gasteiger partial charge in [-0.2, -0.15) is 0 Å². The molecule has 1 aromatic carbocycles. The Morgan fingerprint density at radius 1 is 1.34 bits per heavy atom. The van der Waals surface area contributed by atoms with E-state index in [0.29, 0.717) is 29.3 Å². The number of likely N-dealkylation sites (N-methyl/N-ethyl adjacent to an activating group) is 1. The number of aliphatic carboxylic acids is 1. The first-order chi connectivity index (χ1) is 13.7. The van der Waals surface area contributed by atoms with Gasteiger partial charge in [0.25, 0.3) is 5.91 Å². The van der Waals surface area contributed by atoms with Crippen molar-refractivity contribution in [2.45, 2.75) is 25.6 Å². The molecule has 3 rings (SSSR count). The van der Waals surface area contributed by atoms with Crippen LogP contribution in [0.15, 0.2) is 36.4 Å². The number of carboxylic acid groups (broad SMARTS) is 1. The number of amides is 2. The first-order valence-electron chi connectivity index (χ1n) is 9.07. The van der Waals surface area contributed by atoms with Gasteiger partial charge in [0.2, 0.25) is 5.91 Å². The third kappa shape index (κ3) is 4.63. The molecule has 0 spiro atoms. The van der Waals surface area contributed by atoms with Gasteiger partial charge in [-0.25, -0.2) is 4.98 Å². The Kier molecular flexibility index (Phi) is 5.67. The summed E-state index contributed by atoms with van der Waals surface area (Å²) in [6, 6.07) is 9.50. The van der Waals surface area contributed by atoms with Crippen LogP contribution < -0.4 is 11.1 Å². The molecule has 0 bridgehead atoms. The quantitative estimate of drug-likeness (QED) is 0.690. The Balaban J connectivity index is 1.80. The topological polar surface area (TPSA) is 129 Å². The van der Waals surface area contributed by atoms with Gasteiger partial charge < -0.3 is 26.0 Å². The molecule has 0 radical (unpaired) electrons. The lowest BCUT2D eigenvalue weighted by Crippen LogP contribution is -2.39. The second kappa shape index (κ2) is 8.17. The summed E-state index contributed by atoms with van der Waals surface area (Å²) in [6.07, 6.45) is -0.320. The summed E-state index contributed by atoms with van der Waals surface area (Å²) in [7, 11) is 3.29. The molecular formula is C20H23N5O4. The van der Waals surface area contributed by atoms with E-state index in [9.17, 15) is 14.4 Å². The van der Waals surface area contributed by atoms with Crippen LogP contribution >= 0.6 is 0 Å². The first-order valence-corrected chi connectivity index (χ1v) is 9.07. The third-order valence-corrected chi connectivity index (χ3v) is 4.72. The number of carbonyl (C=O) groups excluding carboxylic acids is 2. The molecule has 9 nitrogen and oxygen atoms in total. The second-order valence-corrected chi connectivity index (χ2v) is 7.08. The van der Waals surface area contributed by atoms with Gasteiger partial charge in [0, 0.05) is 31.9 Å². The highest BCUT2D eigenvalue weighted by atomic mass is 16.4. The maximum absolute atomic E-state index is 12.8. The van der Waals surface area contributed by atoms with E-state index in [1.54, 1.807) is 50.5 Å². The fourth-order valence-electron chi connectivity index (χ4n) is 3.28. The van der Waals surface area contributed by atoms with Crippen LogP contribution in [0.4, 0.5) is 11.5 Å². The Hall–Kier alpha value is -3.62. The van der Waals surface area contributed by atoms with Crippen molar-refractivity contribution in [3.63, 3.8) is 0 Å². The fraction of sp³-hybridized carbons (Fsp3) is 0.300. The van der Waals surface area contributed by atoms with Crippen molar-refractivity contribution in [3.8, 4) is 0 Å². The Morgan fingerprint density at radius 3 is 2.79 bits per heavy atom. The van der Waals surface area contributed by atoms with E-state index in [1.165, 1.54) is 9.80 Å². The number of anilines is 2. The maximum atomic E-state index is 12.8. The molecule has 1 aliphatic heterocycles. The molecule has 1 atom stereocenters. The lowest BCUT2D eigenvalue weighted by Gasteiger charge is -2.19. The van der Waals surface area contributed by atoms with Crippen molar-refractivity contribution < 1.29 is 19.5 Å². The monoisotopic (exact) mass is 397 g/mol. The molecule has 1 aliphatic rings. The van der Waals surface area contributed by atoms with Crippen LogP contribution in [0.5, 0.6) is 0 Å². The number of aromatic nitrogens is 1. The molecule has 29 heavy (non-hydrogen) atoms. The van der Waals surface area contributed by atoms with Gasteiger partial charge in [0.15, 0.2) is 0 Å². The molecule has 9 heteroatoms. The standard InChI is InChI=1S/C20H23N5O4/c1-24-10-13-8-12(6-7-15(13)23-16(20(24)29)9-18(26)27)19(28)25(2)11-14-4-3-5-17(21)22-14/h3-8,16,23H,9-11H2,1-2H3,(H2,21,22)(H,26,27)/t16-/m0/s1. The Morgan fingerprint density at radius 2 is 2.10 bits per heavy atom. The van der Waals surface area contributed by atoms with Gasteiger partial charge in [-0.3, -0.25) is 14.4 Å².